The van der Waals surface area contributed by atoms with Crippen molar-refractivity contribution < 1.29 is 9.53 Å². The lowest BCUT2D eigenvalue weighted by atomic mass is 9.86. The fourth-order valence-electron chi connectivity index (χ4n) is 3.68. The van der Waals surface area contributed by atoms with Crippen LogP contribution in [-0.4, -0.2) is 46.2 Å². The van der Waals surface area contributed by atoms with Gasteiger partial charge in [-0.25, -0.2) is 14.8 Å². The molecule has 2 saturated heterocycles. The highest BCUT2D eigenvalue weighted by molar-refractivity contribution is 5.89. The summed E-state index contributed by atoms with van der Waals surface area (Å²) in [6, 6.07) is -0.0779. The van der Waals surface area contributed by atoms with E-state index in [9.17, 15) is 4.79 Å². The first-order chi connectivity index (χ1) is 10.9. The Morgan fingerprint density at radius 3 is 2.26 bits per heavy atom. The molecule has 0 unspecified atom stereocenters. The topological polar surface area (TPSA) is 67.4 Å². The molecule has 6 heteroatoms. The largest absolute Gasteiger partial charge is 0.366 e. The maximum atomic E-state index is 12.5. The predicted molar refractivity (Wildman–Crippen MR) is 86.1 cm³/mol. The monoisotopic (exact) mass is 314 g/mol. The summed E-state index contributed by atoms with van der Waals surface area (Å²) in [6.45, 7) is 7.70. The Bertz CT molecular complexity index is 630. The first kappa shape index (κ1) is 14.6. The van der Waals surface area contributed by atoms with Crippen LogP contribution in [0.1, 0.15) is 26.6 Å². The van der Waals surface area contributed by atoms with Gasteiger partial charge in [-0.3, -0.25) is 0 Å². The molecule has 0 spiro atoms. The fraction of sp³-hybridized carbons (Fsp3) is 0.588. The molecule has 1 N–H and O–H groups in total. The van der Waals surface area contributed by atoms with Gasteiger partial charge >= 0.3 is 6.03 Å². The van der Waals surface area contributed by atoms with Crippen molar-refractivity contribution in [3.63, 3.8) is 0 Å². The molecule has 2 fully saturated rings. The van der Waals surface area contributed by atoms with E-state index in [1.807, 2.05) is 4.90 Å². The van der Waals surface area contributed by atoms with Crippen LogP contribution in [0.2, 0.25) is 0 Å². The Kier molecular flexibility index (Phi) is 3.20. The number of hydrogen-bond acceptors (Lipinski definition) is 4. The van der Waals surface area contributed by atoms with Crippen molar-refractivity contribution in [2.75, 3.05) is 18.4 Å². The molecule has 122 valence electrons. The molecule has 2 bridgehead atoms. The summed E-state index contributed by atoms with van der Waals surface area (Å²) in [7, 11) is 0. The van der Waals surface area contributed by atoms with Crippen molar-refractivity contribution in [2.24, 2.45) is 11.8 Å². The van der Waals surface area contributed by atoms with E-state index in [4.69, 9.17) is 4.74 Å². The van der Waals surface area contributed by atoms with Gasteiger partial charge in [0, 0.05) is 30.3 Å². The second-order valence-corrected chi connectivity index (χ2v) is 7.66. The van der Waals surface area contributed by atoms with Crippen molar-refractivity contribution >= 4 is 11.7 Å². The van der Waals surface area contributed by atoms with Crippen LogP contribution in [0.25, 0.3) is 0 Å². The van der Waals surface area contributed by atoms with Gasteiger partial charge in [-0.2, -0.15) is 0 Å². The van der Waals surface area contributed by atoms with Gasteiger partial charge in [0.2, 0.25) is 0 Å². The number of rotatable bonds is 1. The van der Waals surface area contributed by atoms with Crippen molar-refractivity contribution in [1.82, 2.24) is 14.9 Å². The number of likely N-dealkylation sites (tertiary alicyclic amines) is 1. The van der Waals surface area contributed by atoms with Crippen LogP contribution in [0, 0.1) is 11.8 Å². The highest BCUT2D eigenvalue weighted by atomic mass is 16.5. The van der Waals surface area contributed by atoms with E-state index in [2.05, 4.69) is 48.2 Å². The molecule has 23 heavy (non-hydrogen) atoms. The lowest BCUT2D eigenvalue weighted by molar-refractivity contribution is 0.0892. The summed E-state index contributed by atoms with van der Waals surface area (Å²) in [4.78, 5) is 23.0. The van der Waals surface area contributed by atoms with E-state index in [1.54, 1.807) is 12.4 Å². The lowest BCUT2D eigenvalue weighted by Gasteiger charge is -2.20. The van der Waals surface area contributed by atoms with Crippen LogP contribution in [0.3, 0.4) is 0 Å². The SMILES string of the molecule is CC(C)(C)c1ncc(NC(=O)N2C[C@@H]3[C@H](C2)[C@H]2C=C[C@H]3O2)cn1. The fourth-order valence-corrected chi connectivity index (χ4v) is 3.68. The summed E-state index contributed by atoms with van der Waals surface area (Å²) >= 11 is 0. The molecular weight excluding hydrogens is 292 g/mol. The number of hydrogen-bond donors (Lipinski definition) is 1. The van der Waals surface area contributed by atoms with Crippen molar-refractivity contribution in [3.05, 3.63) is 30.4 Å². The summed E-state index contributed by atoms with van der Waals surface area (Å²) in [5, 5.41) is 2.90. The second kappa shape index (κ2) is 5.03. The number of urea groups is 1. The maximum Gasteiger partial charge on any atom is 0.321 e. The molecule has 1 aromatic heterocycles. The Morgan fingerprint density at radius 1 is 1.17 bits per heavy atom. The van der Waals surface area contributed by atoms with E-state index in [1.165, 1.54) is 0 Å². The first-order valence-electron chi connectivity index (χ1n) is 8.14. The predicted octanol–water partition coefficient (Wildman–Crippen LogP) is 2.19. The quantitative estimate of drug-likeness (QED) is 0.807. The van der Waals surface area contributed by atoms with Crippen LogP contribution >= 0.6 is 0 Å². The molecule has 4 atom stereocenters. The molecule has 0 radical (unpaired) electrons. The average molecular weight is 314 g/mol. The van der Waals surface area contributed by atoms with E-state index < -0.39 is 0 Å². The van der Waals surface area contributed by atoms with Crippen LogP contribution in [0.5, 0.6) is 0 Å². The molecule has 2 amide bonds. The van der Waals surface area contributed by atoms with Gasteiger partial charge in [0.1, 0.15) is 5.82 Å². The first-order valence-corrected chi connectivity index (χ1v) is 8.14. The van der Waals surface area contributed by atoms with Gasteiger partial charge in [0.15, 0.2) is 0 Å². The average Bonchev–Trinajstić information content (AvgIpc) is 3.19. The van der Waals surface area contributed by atoms with Crippen molar-refractivity contribution in [1.29, 1.82) is 0 Å². The number of nitrogens with one attached hydrogen (secondary N) is 1. The van der Waals surface area contributed by atoms with Gasteiger partial charge in [-0.15, -0.1) is 0 Å². The van der Waals surface area contributed by atoms with Crippen LogP contribution in [-0.2, 0) is 10.2 Å². The van der Waals surface area contributed by atoms with Gasteiger partial charge in [-0.05, 0) is 0 Å². The Labute approximate surface area is 135 Å². The van der Waals surface area contributed by atoms with E-state index in [0.29, 0.717) is 17.5 Å². The smallest absolute Gasteiger partial charge is 0.321 e. The molecule has 4 rings (SSSR count). The van der Waals surface area contributed by atoms with Gasteiger partial charge in [-0.1, -0.05) is 32.9 Å². The maximum absolute atomic E-state index is 12.5. The number of aromatic nitrogens is 2. The molecule has 0 saturated carbocycles. The molecule has 3 aliphatic heterocycles. The molecule has 4 heterocycles. The Hall–Kier alpha value is -1.95. The number of nitrogens with zero attached hydrogens (tertiary/aromatic N) is 3. The van der Waals surface area contributed by atoms with E-state index in [0.717, 1.165) is 18.9 Å². The molecule has 6 nitrogen and oxygen atoms in total. The molecular formula is C17H22N4O2. The minimum absolute atomic E-state index is 0.0779. The Morgan fingerprint density at radius 2 is 1.74 bits per heavy atom. The third kappa shape index (κ3) is 2.51. The van der Waals surface area contributed by atoms with Gasteiger partial charge in [0.05, 0.1) is 30.3 Å². The summed E-state index contributed by atoms with van der Waals surface area (Å²) in [5.41, 5.74) is 0.540. The van der Waals surface area contributed by atoms with Crippen LogP contribution < -0.4 is 5.32 Å². The second-order valence-electron chi connectivity index (χ2n) is 7.66. The number of anilines is 1. The van der Waals surface area contributed by atoms with Gasteiger partial charge in [0.25, 0.3) is 0 Å². The zero-order valence-electron chi connectivity index (χ0n) is 13.7. The number of amides is 2. The molecule has 3 aliphatic rings. The van der Waals surface area contributed by atoms with E-state index >= 15 is 0 Å². The highest BCUT2D eigenvalue weighted by Crippen LogP contribution is 2.43. The molecule has 1 aromatic rings. The number of fused-ring (bicyclic) bond motifs is 5. The van der Waals surface area contributed by atoms with Crippen molar-refractivity contribution in [2.45, 2.75) is 38.4 Å². The van der Waals surface area contributed by atoms with Crippen molar-refractivity contribution in [3.8, 4) is 0 Å². The summed E-state index contributed by atoms with van der Waals surface area (Å²) in [6.07, 6.45) is 8.00. The number of carbonyl (C=O) groups is 1. The minimum atomic E-state index is -0.0960. The van der Waals surface area contributed by atoms with Gasteiger partial charge < -0.3 is 15.0 Å². The third-order valence-electron chi connectivity index (χ3n) is 4.92. The van der Waals surface area contributed by atoms with Crippen LogP contribution in [0.15, 0.2) is 24.5 Å². The summed E-state index contributed by atoms with van der Waals surface area (Å²) in [5.74, 6) is 1.65. The number of carbonyl (C=O) groups excluding carboxylic acids is 1. The zero-order valence-corrected chi connectivity index (χ0v) is 13.7. The zero-order chi connectivity index (χ0) is 16.2. The third-order valence-corrected chi connectivity index (χ3v) is 4.92. The summed E-state index contributed by atoms with van der Waals surface area (Å²) < 4.78 is 5.84. The minimum Gasteiger partial charge on any atom is -0.366 e. The lowest BCUT2D eigenvalue weighted by Crippen LogP contribution is -2.35. The normalized spacial score (nSPS) is 31.5. The molecule has 0 aromatic carbocycles. The highest BCUT2D eigenvalue weighted by Gasteiger charge is 2.51. The standard InChI is InChI=1S/C17H22N4O2/c1-17(2,3)15-18-6-10(7-19-15)20-16(22)21-8-11-12(9-21)14-5-4-13(11)23-14/h4-7,11-14H,8-9H2,1-3H3,(H,20,22)/t11-,12+,13-,14-/m1/s1. The molecule has 0 aliphatic carbocycles. The number of ether oxygens (including phenoxy) is 1. The Balaban J connectivity index is 1.39. The van der Waals surface area contributed by atoms with Crippen LogP contribution in [0.4, 0.5) is 10.5 Å². The van der Waals surface area contributed by atoms with E-state index in [-0.39, 0.29) is 23.7 Å².